The first-order chi connectivity index (χ1) is 44.8. The van der Waals surface area contributed by atoms with Gasteiger partial charge >= 0.3 is 41.9 Å². The minimum Gasteiger partial charge on any atom is -0.463 e. The van der Waals surface area contributed by atoms with Crippen molar-refractivity contribution >= 4 is 77.4 Å². The van der Waals surface area contributed by atoms with Gasteiger partial charge in [0.1, 0.15) is 44.1 Å². The number of benzene rings is 1. The van der Waals surface area contributed by atoms with Crippen LogP contribution >= 0.6 is 0 Å². The quantitative estimate of drug-likeness (QED) is 0.0257. The first-order valence-corrected chi connectivity index (χ1v) is 31.0. The van der Waals surface area contributed by atoms with Gasteiger partial charge in [-0.05, 0) is 44.1 Å². The summed E-state index contributed by atoms with van der Waals surface area (Å²) in [5.74, 6) is -6.44. The summed E-state index contributed by atoms with van der Waals surface area (Å²) in [6.07, 6.45) is -7.94. The van der Waals surface area contributed by atoms with Gasteiger partial charge in [-0.2, -0.15) is 0 Å². The highest BCUT2D eigenvalue weighted by molar-refractivity contribution is 5.78. The molecular weight excluding hydrogens is 1250 g/mol. The van der Waals surface area contributed by atoms with Crippen molar-refractivity contribution < 1.29 is 124 Å². The number of amides is 7. The number of rotatable bonds is 43. The Morgan fingerprint density at radius 2 is 0.798 bits per heavy atom. The van der Waals surface area contributed by atoms with Crippen molar-refractivity contribution in [3.63, 3.8) is 0 Å². The summed E-state index contributed by atoms with van der Waals surface area (Å²) >= 11 is 0. The Hall–Kier alpha value is -8.11. The summed E-state index contributed by atoms with van der Waals surface area (Å²) < 4.78 is 72.5. The maximum Gasteiger partial charge on any atom is 0.407 e. The van der Waals surface area contributed by atoms with Gasteiger partial charge < -0.3 is 98.8 Å². The van der Waals surface area contributed by atoms with Crippen LogP contribution in [0.5, 0.6) is 0 Å². The van der Waals surface area contributed by atoms with Gasteiger partial charge in [-0.15, -0.1) is 0 Å². The van der Waals surface area contributed by atoms with Crippen molar-refractivity contribution in [2.75, 3.05) is 79.0 Å². The monoisotopic (exact) mass is 1340 g/mol. The highest BCUT2D eigenvalue weighted by Crippen LogP contribution is 2.30. The van der Waals surface area contributed by atoms with Crippen LogP contribution in [-0.2, 0) is 126 Å². The van der Waals surface area contributed by atoms with Gasteiger partial charge in [0.15, 0.2) is 37.0 Å². The number of hydrogen-bond donors (Lipinski definition) is 7. The molecule has 528 valence electrons. The van der Waals surface area contributed by atoms with Crippen molar-refractivity contribution in [1.29, 1.82) is 0 Å². The highest BCUT2D eigenvalue weighted by Gasteiger charge is 2.53. The second kappa shape index (κ2) is 45.3. The van der Waals surface area contributed by atoms with Crippen LogP contribution in [0.2, 0.25) is 0 Å². The van der Waals surface area contributed by atoms with Crippen molar-refractivity contribution in [3.05, 3.63) is 35.9 Å². The lowest BCUT2D eigenvalue weighted by Gasteiger charge is -2.44. The van der Waals surface area contributed by atoms with Gasteiger partial charge in [0, 0.05) is 120 Å². The van der Waals surface area contributed by atoms with E-state index in [1.807, 2.05) is 6.07 Å². The van der Waals surface area contributed by atoms with Gasteiger partial charge in [0.25, 0.3) is 0 Å². The number of esters is 6. The Morgan fingerprint density at radius 1 is 0.426 bits per heavy atom. The first-order valence-electron chi connectivity index (χ1n) is 31.0. The van der Waals surface area contributed by atoms with E-state index < -0.39 is 121 Å². The number of hydrogen-bond acceptors (Lipinski definition) is 26. The van der Waals surface area contributed by atoms with E-state index in [1.165, 1.54) is 27.7 Å². The Labute approximate surface area is 545 Å². The van der Waals surface area contributed by atoms with Crippen molar-refractivity contribution in [2.45, 2.75) is 194 Å². The lowest BCUT2D eigenvalue weighted by Crippen LogP contribution is -2.66. The molecule has 3 rings (SSSR count). The van der Waals surface area contributed by atoms with Crippen molar-refractivity contribution in [3.8, 4) is 0 Å². The molecule has 2 heterocycles. The third-order valence-corrected chi connectivity index (χ3v) is 13.4. The molecule has 1 aromatic carbocycles. The average Bonchev–Trinajstić information content (AvgIpc) is 0.797. The molecule has 0 aromatic heterocycles. The number of carbonyl (C=O) groups is 13. The standard InChI is InChI=1S/C61H93N7O26/c1-37(69)66-53-57(91-43(7)75)55(89-41(5)73)47(35-86-39(3)71)93-59(53)84-28-14-12-20-49(77)62-24-16-26-64-51(79)22-30-82-33-46(68-61(81)88-32-45-18-10-9-11-19-45)34-83-31-23-52(80)65-27-17-25-63-50(78)21-13-15-29-85-60-54(67-38(2)70)58(92-44(8)76)56(90-42(6)74)48(94-60)36-87-40(4)72/h9-11,18-19,46-48,53-60H,12-17,20-36H2,1-8H3,(H,62,77)(H,63,78)(H,64,79)(H,65,80)(H,66,69)(H,67,70)(H,68,81). The molecule has 0 saturated carbocycles. The van der Waals surface area contributed by atoms with Crippen LogP contribution in [-0.4, -0.2) is 224 Å². The topological polar surface area (TPSA) is 426 Å². The number of nitrogens with one attached hydrogen (secondary N) is 7. The van der Waals surface area contributed by atoms with Crippen LogP contribution in [0.15, 0.2) is 30.3 Å². The zero-order valence-corrected chi connectivity index (χ0v) is 54.6. The van der Waals surface area contributed by atoms with Crippen molar-refractivity contribution in [1.82, 2.24) is 37.2 Å². The van der Waals surface area contributed by atoms with E-state index in [0.29, 0.717) is 38.5 Å². The zero-order chi connectivity index (χ0) is 69.4. The third-order valence-electron chi connectivity index (χ3n) is 13.4. The SMILES string of the molecule is CC(=O)NC1C(OCCCCC(=O)NCCCNC(=O)CCOCC(COCCC(=O)NCCCNC(=O)CCCCOC2OC(COC(C)=O)C(OC(C)=O)C(OC(C)=O)C2NC(C)=O)NC(=O)OCc2ccccc2)OC(COC(C)=O)C(OC(C)=O)C1OC(C)=O. The van der Waals surface area contributed by atoms with Gasteiger partial charge in [0.05, 0.1) is 32.5 Å². The fourth-order valence-electron chi connectivity index (χ4n) is 9.33. The van der Waals surface area contributed by atoms with Crippen LogP contribution < -0.4 is 37.2 Å². The summed E-state index contributed by atoms with van der Waals surface area (Å²) in [6.45, 7) is 9.54. The van der Waals surface area contributed by atoms with Crippen LogP contribution in [0, 0.1) is 0 Å². The summed E-state index contributed by atoms with van der Waals surface area (Å²) in [6, 6.07) is 6.05. The fraction of sp³-hybridized carbons (Fsp3) is 0.689. The summed E-state index contributed by atoms with van der Waals surface area (Å²) in [7, 11) is 0. The molecule has 33 nitrogen and oxygen atoms in total. The molecule has 33 heteroatoms. The molecule has 2 aliphatic heterocycles. The largest absolute Gasteiger partial charge is 0.463 e. The van der Waals surface area contributed by atoms with Gasteiger partial charge in [-0.3, -0.25) is 57.5 Å². The van der Waals surface area contributed by atoms with E-state index in [0.717, 1.165) is 33.3 Å². The predicted molar refractivity (Wildman–Crippen MR) is 323 cm³/mol. The van der Waals surface area contributed by atoms with E-state index >= 15 is 0 Å². The van der Waals surface area contributed by atoms with Gasteiger partial charge in [-0.25, -0.2) is 4.79 Å². The molecule has 2 saturated heterocycles. The predicted octanol–water partition coefficient (Wildman–Crippen LogP) is 0.0258. The number of ether oxygens (including phenoxy) is 13. The van der Waals surface area contributed by atoms with Crippen molar-refractivity contribution in [2.24, 2.45) is 0 Å². The maximum atomic E-state index is 12.8. The molecule has 10 unspecified atom stereocenters. The second-order valence-electron chi connectivity index (χ2n) is 21.8. The Kier molecular flexibility index (Phi) is 38.6. The Balaban J connectivity index is 1.33. The molecule has 0 bridgehead atoms. The van der Waals surface area contributed by atoms with Crippen LogP contribution in [0.1, 0.15) is 125 Å². The molecular formula is C61H93N7O26. The smallest absolute Gasteiger partial charge is 0.407 e. The number of unbranched alkanes of at least 4 members (excludes halogenated alkanes) is 2. The van der Waals surface area contributed by atoms with Gasteiger partial charge in [0.2, 0.25) is 35.4 Å². The van der Waals surface area contributed by atoms with E-state index in [4.69, 9.17) is 61.6 Å². The zero-order valence-electron chi connectivity index (χ0n) is 54.6. The van der Waals surface area contributed by atoms with E-state index in [2.05, 4.69) is 37.2 Å². The van der Waals surface area contributed by atoms with Crippen LogP contribution in [0.4, 0.5) is 4.79 Å². The van der Waals surface area contributed by atoms with E-state index in [9.17, 15) is 62.3 Å². The minimum atomic E-state index is -1.27. The highest BCUT2D eigenvalue weighted by atomic mass is 16.7. The maximum absolute atomic E-state index is 12.8. The molecule has 7 N–H and O–H groups in total. The minimum absolute atomic E-state index is 0.00387. The molecule has 0 radical (unpaired) electrons. The van der Waals surface area contributed by atoms with E-state index in [-0.39, 0.29) is 135 Å². The van der Waals surface area contributed by atoms with Gasteiger partial charge in [-0.1, -0.05) is 30.3 Å². The molecule has 94 heavy (non-hydrogen) atoms. The summed E-state index contributed by atoms with van der Waals surface area (Å²) in [4.78, 5) is 159. The normalized spacial score (nSPS) is 20.9. The average molecular weight is 1340 g/mol. The lowest BCUT2D eigenvalue weighted by molar-refractivity contribution is -0.277. The Morgan fingerprint density at radius 3 is 1.16 bits per heavy atom. The lowest BCUT2D eigenvalue weighted by atomic mass is 9.96. The molecule has 7 amide bonds. The fourth-order valence-corrected chi connectivity index (χ4v) is 9.33. The summed E-state index contributed by atoms with van der Waals surface area (Å²) in [5, 5.41) is 19.0. The van der Waals surface area contributed by atoms with Crippen LogP contribution in [0.25, 0.3) is 0 Å². The molecule has 2 fully saturated rings. The molecule has 2 aliphatic rings. The first kappa shape index (κ1) is 80.1. The van der Waals surface area contributed by atoms with E-state index in [1.54, 1.807) is 24.3 Å². The molecule has 1 aromatic rings. The Bertz CT molecular complexity index is 2460. The third kappa shape index (κ3) is 34.7. The number of alkyl carbamates (subject to hydrolysis) is 1. The number of carbonyl (C=O) groups excluding carboxylic acids is 13. The molecule has 0 spiro atoms. The molecule has 10 atom stereocenters. The second-order valence-corrected chi connectivity index (χ2v) is 21.8. The molecule has 0 aliphatic carbocycles. The van der Waals surface area contributed by atoms with Crippen LogP contribution in [0.3, 0.4) is 0 Å². The summed E-state index contributed by atoms with van der Waals surface area (Å²) in [5.41, 5.74) is 0.763.